The number of aliphatic carboxylic acids is 1. The predicted molar refractivity (Wildman–Crippen MR) is 76.7 cm³/mol. The van der Waals surface area contributed by atoms with Crippen LogP contribution in [0.3, 0.4) is 0 Å². The van der Waals surface area contributed by atoms with E-state index >= 15 is 0 Å². The van der Waals surface area contributed by atoms with Crippen LogP contribution in [0.2, 0.25) is 5.02 Å². The van der Waals surface area contributed by atoms with Crippen LogP contribution in [0, 0.1) is 5.82 Å². The first kappa shape index (κ1) is 15.3. The van der Waals surface area contributed by atoms with Crippen LogP contribution >= 0.6 is 11.6 Å². The first-order chi connectivity index (χ1) is 9.51. The number of halogens is 2. The summed E-state index contributed by atoms with van der Waals surface area (Å²) in [7, 11) is 0. The Morgan fingerprint density at radius 1 is 1.55 bits per heavy atom. The molecule has 0 unspecified atom stereocenters. The van der Waals surface area contributed by atoms with Gasteiger partial charge in [-0.25, -0.2) is 4.39 Å². The van der Waals surface area contributed by atoms with Gasteiger partial charge in [0.25, 0.3) is 0 Å². The van der Waals surface area contributed by atoms with Crippen LogP contribution in [-0.4, -0.2) is 23.2 Å². The second kappa shape index (κ2) is 6.55. The molecule has 0 radical (unpaired) electrons. The SMILES string of the molecule is CCC[C@H](N[C@H]1CCc2cc(F)c(Cl)cc2C1)C(=O)O. The van der Waals surface area contributed by atoms with Gasteiger partial charge in [-0.2, -0.15) is 0 Å². The zero-order valence-electron chi connectivity index (χ0n) is 11.5. The van der Waals surface area contributed by atoms with E-state index in [2.05, 4.69) is 5.32 Å². The Balaban J connectivity index is 2.07. The van der Waals surface area contributed by atoms with Gasteiger partial charge in [0, 0.05) is 6.04 Å². The van der Waals surface area contributed by atoms with Crippen molar-refractivity contribution in [1.29, 1.82) is 0 Å². The lowest BCUT2D eigenvalue weighted by Gasteiger charge is -2.28. The van der Waals surface area contributed by atoms with Crippen molar-refractivity contribution in [2.75, 3.05) is 0 Å². The largest absolute Gasteiger partial charge is 0.480 e. The van der Waals surface area contributed by atoms with Gasteiger partial charge >= 0.3 is 5.97 Å². The Labute approximate surface area is 123 Å². The molecule has 1 aliphatic rings. The highest BCUT2D eigenvalue weighted by atomic mass is 35.5. The molecule has 2 N–H and O–H groups in total. The zero-order valence-corrected chi connectivity index (χ0v) is 12.2. The van der Waals surface area contributed by atoms with Crippen molar-refractivity contribution in [2.45, 2.75) is 51.1 Å². The fourth-order valence-electron chi connectivity index (χ4n) is 2.74. The number of nitrogens with one attached hydrogen (secondary N) is 1. The number of fused-ring (bicyclic) bond motifs is 1. The van der Waals surface area contributed by atoms with Crippen molar-refractivity contribution < 1.29 is 14.3 Å². The van der Waals surface area contributed by atoms with Crippen LogP contribution in [-0.2, 0) is 17.6 Å². The van der Waals surface area contributed by atoms with Crippen LogP contribution in [0.5, 0.6) is 0 Å². The summed E-state index contributed by atoms with van der Waals surface area (Å²) in [6.45, 7) is 1.97. The molecule has 3 nitrogen and oxygen atoms in total. The molecule has 1 aromatic rings. The molecule has 0 aromatic heterocycles. The summed E-state index contributed by atoms with van der Waals surface area (Å²) in [6, 6.07) is 2.75. The van der Waals surface area contributed by atoms with Crippen LogP contribution in [0.15, 0.2) is 12.1 Å². The summed E-state index contributed by atoms with van der Waals surface area (Å²) < 4.78 is 13.4. The van der Waals surface area contributed by atoms with E-state index in [1.165, 1.54) is 6.07 Å². The van der Waals surface area contributed by atoms with Gasteiger partial charge in [-0.15, -0.1) is 0 Å². The average molecular weight is 300 g/mol. The second-order valence-corrected chi connectivity index (χ2v) is 5.73. The van der Waals surface area contributed by atoms with Gasteiger partial charge in [-0.3, -0.25) is 4.79 Å². The van der Waals surface area contributed by atoms with Gasteiger partial charge in [-0.05, 0) is 48.9 Å². The maximum absolute atomic E-state index is 13.4. The highest BCUT2D eigenvalue weighted by molar-refractivity contribution is 6.30. The third-order valence-corrected chi connectivity index (χ3v) is 4.07. The molecule has 0 aliphatic heterocycles. The van der Waals surface area contributed by atoms with Crippen LogP contribution < -0.4 is 5.32 Å². The van der Waals surface area contributed by atoms with Crippen molar-refractivity contribution >= 4 is 17.6 Å². The Hall–Kier alpha value is -1.13. The number of carbonyl (C=O) groups is 1. The van der Waals surface area contributed by atoms with Crippen molar-refractivity contribution in [1.82, 2.24) is 5.32 Å². The van der Waals surface area contributed by atoms with E-state index < -0.39 is 12.0 Å². The molecule has 0 spiro atoms. The third-order valence-electron chi connectivity index (χ3n) is 3.78. The van der Waals surface area contributed by atoms with Crippen molar-refractivity contribution in [2.24, 2.45) is 0 Å². The van der Waals surface area contributed by atoms with E-state index in [4.69, 9.17) is 11.6 Å². The van der Waals surface area contributed by atoms with Gasteiger partial charge in [0.2, 0.25) is 0 Å². The minimum atomic E-state index is -0.810. The average Bonchev–Trinajstić information content (AvgIpc) is 2.39. The van der Waals surface area contributed by atoms with Crippen molar-refractivity contribution in [3.8, 4) is 0 Å². The first-order valence-corrected chi connectivity index (χ1v) is 7.34. The van der Waals surface area contributed by atoms with Crippen molar-refractivity contribution in [3.63, 3.8) is 0 Å². The molecule has 0 saturated carbocycles. The molecule has 2 rings (SSSR count). The quantitative estimate of drug-likeness (QED) is 0.878. The number of rotatable bonds is 5. The highest BCUT2D eigenvalue weighted by Crippen LogP contribution is 2.27. The summed E-state index contributed by atoms with van der Waals surface area (Å²) in [4.78, 5) is 11.2. The van der Waals surface area contributed by atoms with E-state index in [9.17, 15) is 14.3 Å². The molecular formula is C15H19ClFNO2. The molecule has 1 aromatic carbocycles. The fraction of sp³-hybridized carbons (Fsp3) is 0.533. The molecule has 110 valence electrons. The van der Waals surface area contributed by atoms with Gasteiger partial charge in [0.05, 0.1) is 5.02 Å². The van der Waals surface area contributed by atoms with E-state index in [0.717, 1.165) is 30.4 Å². The molecular weight excluding hydrogens is 281 g/mol. The lowest BCUT2D eigenvalue weighted by Crippen LogP contribution is -2.45. The number of aryl methyl sites for hydroxylation is 1. The predicted octanol–water partition coefficient (Wildman–Crippen LogP) is 3.18. The minimum absolute atomic E-state index is 0.108. The van der Waals surface area contributed by atoms with Gasteiger partial charge in [0.15, 0.2) is 0 Å². The smallest absolute Gasteiger partial charge is 0.320 e. The Kier molecular flexibility index (Phi) is 5.00. The summed E-state index contributed by atoms with van der Waals surface area (Å²) in [5, 5.41) is 12.5. The monoisotopic (exact) mass is 299 g/mol. The number of benzene rings is 1. The summed E-state index contributed by atoms with van der Waals surface area (Å²) in [5.41, 5.74) is 1.99. The molecule has 0 fully saturated rings. The van der Waals surface area contributed by atoms with Gasteiger partial charge in [-0.1, -0.05) is 24.9 Å². The van der Waals surface area contributed by atoms with Crippen molar-refractivity contribution in [3.05, 3.63) is 34.1 Å². The number of carboxylic acids is 1. The molecule has 0 heterocycles. The lowest BCUT2D eigenvalue weighted by atomic mass is 9.87. The summed E-state index contributed by atoms with van der Waals surface area (Å²) >= 11 is 5.81. The van der Waals surface area contributed by atoms with Crippen LogP contribution in [0.4, 0.5) is 4.39 Å². The van der Waals surface area contributed by atoms with E-state index in [0.29, 0.717) is 12.8 Å². The standard InChI is InChI=1S/C15H19ClFNO2/c1-2-3-14(15(19)20)18-11-5-4-9-8-13(17)12(16)7-10(9)6-11/h7-8,11,14,18H,2-6H2,1H3,(H,19,20)/t11-,14-/m0/s1. The van der Waals surface area contributed by atoms with E-state index in [1.54, 1.807) is 6.07 Å². The molecule has 1 aliphatic carbocycles. The van der Waals surface area contributed by atoms with Crippen LogP contribution in [0.1, 0.15) is 37.3 Å². The summed E-state index contributed by atoms with van der Waals surface area (Å²) in [5.74, 6) is -1.19. The molecule has 0 bridgehead atoms. The number of carboxylic acid groups (broad SMARTS) is 1. The van der Waals surface area contributed by atoms with Gasteiger partial charge < -0.3 is 10.4 Å². The molecule has 20 heavy (non-hydrogen) atoms. The summed E-state index contributed by atoms with van der Waals surface area (Å²) in [6.07, 6.45) is 3.71. The highest BCUT2D eigenvalue weighted by Gasteiger charge is 2.25. The van der Waals surface area contributed by atoms with Crippen LogP contribution in [0.25, 0.3) is 0 Å². The lowest BCUT2D eigenvalue weighted by molar-refractivity contribution is -0.139. The molecule has 0 saturated heterocycles. The topological polar surface area (TPSA) is 49.3 Å². The molecule has 0 amide bonds. The maximum atomic E-state index is 13.4. The van der Waals surface area contributed by atoms with E-state index in [1.807, 2.05) is 6.92 Å². The fourth-order valence-corrected chi connectivity index (χ4v) is 2.93. The Morgan fingerprint density at radius 3 is 2.95 bits per heavy atom. The third kappa shape index (κ3) is 3.49. The zero-order chi connectivity index (χ0) is 14.7. The minimum Gasteiger partial charge on any atom is -0.480 e. The second-order valence-electron chi connectivity index (χ2n) is 5.32. The Morgan fingerprint density at radius 2 is 2.30 bits per heavy atom. The van der Waals surface area contributed by atoms with E-state index in [-0.39, 0.29) is 16.9 Å². The molecule has 5 heteroatoms. The number of hydrogen-bond acceptors (Lipinski definition) is 2. The van der Waals surface area contributed by atoms with Gasteiger partial charge in [0.1, 0.15) is 11.9 Å². The first-order valence-electron chi connectivity index (χ1n) is 6.97. The number of hydrogen-bond donors (Lipinski definition) is 2. The maximum Gasteiger partial charge on any atom is 0.320 e. The normalized spacial score (nSPS) is 19.4. The molecule has 2 atom stereocenters. The Bertz CT molecular complexity index is 507.